The molecule has 0 heterocycles. The Morgan fingerprint density at radius 3 is 2.43 bits per heavy atom. The summed E-state index contributed by atoms with van der Waals surface area (Å²) < 4.78 is 5.75. The minimum atomic E-state index is -0.544. The topological polar surface area (TPSA) is 38.3 Å². The Bertz CT molecular complexity index is 630. The molecule has 23 heavy (non-hydrogen) atoms. The van der Waals surface area contributed by atoms with Gasteiger partial charge < -0.3 is 10.1 Å². The third-order valence-corrected chi connectivity index (χ3v) is 4.03. The van der Waals surface area contributed by atoms with E-state index in [-0.39, 0.29) is 11.8 Å². The molecule has 2 atom stereocenters. The highest BCUT2D eigenvalue weighted by atomic mass is 35.5. The third kappa shape index (κ3) is 5.00. The number of carbonyl (C=O) groups is 1. The van der Waals surface area contributed by atoms with Gasteiger partial charge in [-0.25, -0.2) is 0 Å². The van der Waals surface area contributed by atoms with Gasteiger partial charge in [0.25, 0.3) is 5.91 Å². The van der Waals surface area contributed by atoms with Crippen molar-refractivity contribution >= 4 is 17.5 Å². The van der Waals surface area contributed by atoms with Crippen LogP contribution in [0.5, 0.6) is 5.75 Å². The van der Waals surface area contributed by atoms with E-state index in [0.717, 1.165) is 0 Å². The van der Waals surface area contributed by atoms with Crippen molar-refractivity contribution in [3.05, 3.63) is 65.2 Å². The average Bonchev–Trinajstić information content (AvgIpc) is 2.59. The molecule has 1 amide bonds. The number of hydrogen-bond acceptors (Lipinski definition) is 2. The fraction of sp³-hybridized carbons (Fsp3) is 0.316. The summed E-state index contributed by atoms with van der Waals surface area (Å²) in [5.41, 5.74) is 1.20. The molecule has 0 saturated carbocycles. The van der Waals surface area contributed by atoms with Crippen LogP contribution in [0.2, 0.25) is 5.02 Å². The summed E-state index contributed by atoms with van der Waals surface area (Å²) >= 11 is 6.08. The number of benzene rings is 2. The van der Waals surface area contributed by atoms with Crippen LogP contribution in [0, 0.1) is 0 Å². The predicted molar refractivity (Wildman–Crippen MR) is 94.0 cm³/mol. The van der Waals surface area contributed by atoms with E-state index in [1.807, 2.05) is 37.3 Å². The Balaban J connectivity index is 1.91. The zero-order valence-corrected chi connectivity index (χ0v) is 14.2. The van der Waals surface area contributed by atoms with Crippen molar-refractivity contribution in [2.45, 2.75) is 32.3 Å². The number of ether oxygens (including phenoxy) is 1. The van der Waals surface area contributed by atoms with Crippen LogP contribution in [0.15, 0.2) is 54.6 Å². The molecule has 4 heteroatoms. The highest BCUT2D eigenvalue weighted by molar-refractivity contribution is 6.32. The van der Waals surface area contributed by atoms with E-state index in [4.69, 9.17) is 16.3 Å². The lowest BCUT2D eigenvalue weighted by atomic mass is 10.0. The van der Waals surface area contributed by atoms with Crippen molar-refractivity contribution < 1.29 is 9.53 Å². The number of para-hydroxylation sites is 1. The Morgan fingerprint density at radius 1 is 1.13 bits per heavy atom. The second kappa shape index (κ2) is 8.59. The molecule has 2 rings (SSSR count). The lowest BCUT2D eigenvalue weighted by Gasteiger charge is -2.19. The van der Waals surface area contributed by atoms with Gasteiger partial charge in [-0.3, -0.25) is 4.79 Å². The van der Waals surface area contributed by atoms with Gasteiger partial charge in [0, 0.05) is 6.54 Å². The van der Waals surface area contributed by atoms with Gasteiger partial charge in [-0.05, 0) is 30.0 Å². The number of rotatable bonds is 7. The van der Waals surface area contributed by atoms with Gasteiger partial charge in [0.05, 0.1) is 5.02 Å². The molecule has 2 aromatic carbocycles. The Hall–Kier alpha value is -2.00. The Kier molecular flexibility index (Phi) is 6.48. The van der Waals surface area contributed by atoms with E-state index in [0.29, 0.717) is 23.7 Å². The van der Waals surface area contributed by atoms with Crippen molar-refractivity contribution in [3.8, 4) is 5.75 Å². The maximum atomic E-state index is 12.3. The average molecular weight is 332 g/mol. The van der Waals surface area contributed by atoms with Gasteiger partial charge >= 0.3 is 0 Å². The number of hydrogen-bond donors (Lipinski definition) is 1. The van der Waals surface area contributed by atoms with E-state index >= 15 is 0 Å². The first-order valence-corrected chi connectivity index (χ1v) is 8.23. The highest BCUT2D eigenvalue weighted by Crippen LogP contribution is 2.25. The van der Waals surface area contributed by atoms with E-state index in [1.54, 1.807) is 12.1 Å². The van der Waals surface area contributed by atoms with Crippen molar-refractivity contribution in [3.63, 3.8) is 0 Å². The molecule has 1 N–H and O–H groups in total. The number of amides is 1. The van der Waals surface area contributed by atoms with Crippen molar-refractivity contribution in [2.24, 2.45) is 0 Å². The molecule has 0 spiro atoms. The molecule has 0 fully saturated rings. The van der Waals surface area contributed by atoms with Crippen molar-refractivity contribution in [1.82, 2.24) is 5.32 Å². The van der Waals surface area contributed by atoms with Crippen LogP contribution >= 0.6 is 11.6 Å². The molecule has 0 saturated heterocycles. The first-order chi connectivity index (χ1) is 11.1. The maximum absolute atomic E-state index is 12.3. The summed E-state index contributed by atoms with van der Waals surface area (Å²) in [5.74, 6) is 0.667. The first-order valence-electron chi connectivity index (χ1n) is 7.85. The highest BCUT2D eigenvalue weighted by Gasteiger charge is 2.20. The van der Waals surface area contributed by atoms with Crippen LogP contribution < -0.4 is 10.1 Å². The fourth-order valence-corrected chi connectivity index (χ4v) is 2.46. The monoisotopic (exact) mass is 331 g/mol. The Morgan fingerprint density at radius 2 is 1.78 bits per heavy atom. The van der Waals surface area contributed by atoms with Crippen LogP contribution in [0.4, 0.5) is 0 Å². The number of nitrogens with one attached hydrogen (secondary N) is 1. The smallest absolute Gasteiger partial charge is 0.261 e. The number of halogens is 1. The lowest BCUT2D eigenvalue weighted by molar-refractivity contribution is -0.128. The van der Waals surface area contributed by atoms with E-state index in [2.05, 4.69) is 24.4 Å². The summed E-state index contributed by atoms with van der Waals surface area (Å²) in [6.45, 7) is 4.58. The molecular weight excluding hydrogens is 310 g/mol. The van der Waals surface area contributed by atoms with Gasteiger partial charge in [0.1, 0.15) is 5.75 Å². The minimum absolute atomic E-state index is 0.116. The van der Waals surface area contributed by atoms with Crippen LogP contribution in [0.3, 0.4) is 0 Å². The Labute approximate surface area is 142 Å². The molecule has 3 nitrogen and oxygen atoms in total. The minimum Gasteiger partial charge on any atom is -0.479 e. The van der Waals surface area contributed by atoms with Crippen LogP contribution in [-0.2, 0) is 4.79 Å². The molecule has 0 aromatic heterocycles. The zero-order valence-electron chi connectivity index (χ0n) is 13.5. The van der Waals surface area contributed by atoms with Crippen LogP contribution in [0.1, 0.15) is 31.7 Å². The number of carbonyl (C=O) groups excluding carboxylic acids is 1. The van der Waals surface area contributed by atoms with E-state index in [1.165, 1.54) is 5.56 Å². The summed E-state index contributed by atoms with van der Waals surface area (Å²) in [7, 11) is 0. The summed E-state index contributed by atoms with van der Waals surface area (Å²) in [6, 6.07) is 17.3. The van der Waals surface area contributed by atoms with Gasteiger partial charge in [0.2, 0.25) is 0 Å². The predicted octanol–water partition coefficient (Wildman–Crippen LogP) is 4.42. The molecule has 0 unspecified atom stereocenters. The van der Waals surface area contributed by atoms with Gasteiger partial charge in [-0.1, -0.05) is 67.9 Å². The normalized spacial score (nSPS) is 13.2. The third-order valence-electron chi connectivity index (χ3n) is 3.72. The molecular formula is C19H22ClNO2. The fourth-order valence-electron chi connectivity index (χ4n) is 2.28. The summed E-state index contributed by atoms with van der Waals surface area (Å²) in [6.07, 6.45) is 0.0365. The van der Waals surface area contributed by atoms with E-state index in [9.17, 15) is 4.79 Å². The van der Waals surface area contributed by atoms with Gasteiger partial charge in [-0.2, -0.15) is 0 Å². The molecule has 0 radical (unpaired) electrons. The molecule has 122 valence electrons. The van der Waals surface area contributed by atoms with Crippen LogP contribution in [0.25, 0.3) is 0 Å². The SMILES string of the molecule is CC[C@@H](Oc1ccccc1Cl)C(=O)NC[C@@H](C)c1ccccc1. The summed E-state index contributed by atoms with van der Waals surface area (Å²) in [4.78, 5) is 12.3. The van der Waals surface area contributed by atoms with Gasteiger partial charge in [-0.15, -0.1) is 0 Å². The molecule has 0 aliphatic heterocycles. The standard InChI is InChI=1S/C19H22ClNO2/c1-3-17(23-18-12-8-7-11-16(18)20)19(22)21-13-14(2)15-9-5-4-6-10-15/h4-12,14,17H,3,13H2,1-2H3,(H,21,22)/t14-,17-/m1/s1. The lowest BCUT2D eigenvalue weighted by Crippen LogP contribution is -2.39. The van der Waals surface area contributed by atoms with E-state index < -0.39 is 6.10 Å². The maximum Gasteiger partial charge on any atom is 0.261 e. The van der Waals surface area contributed by atoms with Gasteiger partial charge in [0.15, 0.2) is 6.10 Å². The largest absolute Gasteiger partial charge is 0.479 e. The van der Waals surface area contributed by atoms with Crippen LogP contribution in [-0.4, -0.2) is 18.6 Å². The van der Waals surface area contributed by atoms with Crippen molar-refractivity contribution in [2.75, 3.05) is 6.54 Å². The zero-order chi connectivity index (χ0) is 16.7. The first kappa shape index (κ1) is 17.4. The molecule has 0 bridgehead atoms. The quantitative estimate of drug-likeness (QED) is 0.815. The summed E-state index contributed by atoms with van der Waals surface area (Å²) in [5, 5.41) is 3.48. The molecule has 2 aromatic rings. The second-order valence-electron chi connectivity index (χ2n) is 5.50. The van der Waals surface area contributed by atoms with Crippen molar-refractivity contribution in [1.29, 1.82) is 0 Å². The molecule has 0 aliphatic rings. The molecule has 0 aliphatic carbocycles. The second-order valence-corrected chi connectivity index (χ2v) is 5.91.